The van der Waals surface area contributed by atoms with Gasteiger partial charge in [-0.3, -0.25) is 9.79 Å². The van der Waals surface area contributed by atoms with Gasteiger partial charge in [-0.15, -0.1) is 0 Å². The summed E-state index contributed by atoms with van der Waals surface area (Å²) in [5.74, 6) is 0.267. The third-order valence-electron chi connectivity index (χ3n) is 2.58. The first-order valence-corrected chi connectivity index (χ1v) is 6.23. The van der Waals surface area contributed by atoms with Crippen molar-refractivity contribution < 1.29 is 9.90 Å². The van der Waals surface area contributed by atoms with Crippen LogP contribution in [0.1, 0.15) is 26.3 Å². The van der Waals surface area contributed by atoms with Crippen molar-refractivity contribution in [1.82, 2.24) is 5.32 Å². The number of hydrogen-bond donors (Lipinski definition) is 2. The maximum Gasteiger partial charge on any atom is 0.154 e. The predicted octanol–water partition coefficient (Wildman–Crippen LogP) is 2.28. The zero-order chi connectivity index (χ0) is 14.3. The number of nitrogens with one attached hydrogen (secondary N) is 1. The number of carbonyl (C=O) groups is 1. The molecule has 0 bridgehead atoms. The maximum atomic E-state index is 10.8. The topological polar surface area (TPSA) is 61.7 Å². The van der Waals surface area contributed by atoms with E-state index in [1.807, 2.05) is 26.0 Å². The van der Waals surface area contributed by atoms with Crippen molar-refractivity contribution in [3.05, 3.63) is 41.6 Å². The van der Waals surface area contributed by atoms with Crippen molar-refractivity contribution in [2.75, 3.05) is 13.1 Å². The Morgan fingerprint density at radius 1 is 1.32 bits per heavy atom. The van der Waals surface area contributed by atoms with Gasteiger partial charge < -0.3 is 10.4 Å². The molecule has 0 spiro atoms. The van der Waals surface area contributed by atoms with Crippen molar-refractivity contribution >= 4 is 11.5 Å². The number of ketones is 1. The molecule has 4 nitrogen and oxygen atoms in total. The average molecular weight is 260 g/mol. The molecule has 19 heavy (non-hydrogen) atoms. The van der Waals surface area contributed by atoms with Crippen LogP contribution in [0, 0.1) is 0 Å². The largest absolute Gasteiger partial charge is 0.507 e. The van der Waals surface area contributed by atoms with Gasteiger partial charge in [0.25, 0.3) is 0 Å². The summed E-state index contributed by atoms with van der Waals surface area (Å²) in [5.41, 5.74) is 2.38. The van der Waals surface area contributed by atoms with Gasteiger partial charge in [-0.2, -0.15) is 0 Å². The molecule has 4 heteroatoms. The lowest BCUT2D eigenvalue weighted by atomic mass is 10.1. The number of allylic oxidation sites excluding steroid dienone is 2. The molecule has 0 heterocycles. The van der Waals surface area contributed by atoms with Crippen LogP contribution in [-0.2, 0) is 4.79 Å². The quantitative estimate of drug-likeness (QED) is 0.468. The van der Waals surface area contributed by atoms with Gasteiger partial charge in [0.05, 0.1) is 6.54 Å². The number of phenols is 1. The minimum Gasteiger partial charge on any atom is -0.507 e. The van der Waals surface area contributed by atoms with Crippen LogP contribution in [0.15, 0.2) is 41.0 Å². The smallest absolute Gasteiger partial charge is 0.154 e. The molecule has 0 saturated carbocycles. The van der Waals surface area contributed by atoms with Gasteiger partial charge in [-0.05, 0) is 39.0 Å². The summed E-state index contributed by atoms with van der Waals surface area (Å²) in [5, 5.41) is 12.8. The maximum absolute atomic E-state index is 10.8. The molecule has 0 amide bonds. The standard InChI is InChI=1S/C15H20N2O2/c1-11(10-12(2)18)16-8-9-17-13(3)14-6-4-5-7-15(14)19/h4-7,10,16,19H,8-9H2,1-3H3/b11-10-,17-13?. The molecule has 0 aliphatic carbocycles. The highest BCUT2D eigenvalue weighted by atomic mass is 16.3. The Morgan fingerprint density at radius 3 is 2.63 bits per heavy atom. The van der Waals surface area contributed by atoms with E-state index in [1.165, 1.54) is 6.92 Å². The van der Waals surface area contributed by atoms with Gasteiger partial charge in [0.1, 0.15) is 5.75 Å². The normalized spacial score (nSPS) is 12.4. The van der Waals surface area contributed by atoms with E-state index in [0.717, 1.165) is 17.0 Å². The summed E-state index contributed by atoms with van der Waals surface area (Å²) in [6.45, 7) is 6.48. The monoisotopic (exact) mass is 260 g/mol. The Balaban J connectivity index is 2.50. The number of aliphatic imine (C=N–C) groups is 1. The number of benzene rings is 1. The summed E-state index contributed by atoms with van der Waals surface area (Å²) in [6, 6.07) is 7.13. The Labute approximate surface area is 113 Å². The fourth-order valence-electron chi connectivity index (χ4n) is 1.70. The van der Waals surface area contributed by atoms with Crippen molar-refractivity contribution in [3.63, 3.8) is 0 Å². The fraction of sp³-hybridized carbons (Fsp3) is 0.333. The SMILES string of the molecule is CC(=O)/C=C(/C)NCCN=C(C)c1ccccc1O. The van der Waals surface area contributed by atoms with Gasteiger partial charge in [0, 0.05) is 23.5 Å². The van der Waals surface area contributed by atoms with Gasteiger partial charge in [0.15, 0.2) is 5.78 Å². The fourth-order valence-corrected chi connectivity index (χ4v) is 1.70. The zero-order valence-corrected chi connectivity index (χ0v) is 11.6. The van der Waals surface area contributed by atoms with E-state index in [-0.39, 0.29) is 11.5 Å². The van der Waals surface area contributed by atoms with Crippen molar-refractivity contribution in [2.24, 2.45) is 4.99 Å². The lowest BCUT2D eigenvalue weighted by Crippen LogP contribution is -2.16. The van der Waals surface area contributed by atoms with Crippen molar-refractivity contribution in [1.29, 1.82) is 0 Å². The number of para-hydroxylation sites is 1. The molecule has 1 rings (SSSR count). The van der Waals surface area contributed by atoms with Crippen molar-refractivity contribution in [2.45, 2.75) is 20.8 Å². The lowest BCUT2D eigenvalue weighted by molar-refractivity contribution is -0.112. The van der Waals surface area contributed by atoms with E-state index in [1.54, 1.807) is 18.2 Å². The molecule has 0 aliphatic heterocycles. The lowest BCUT2D eigenvalue weighted by Gasteiger charge is -2.06. The van der Waals surface area contributed by atoms with Crippen LogP contribution in [0.3, 0.4) is 0 Å². The second-order valence-electron chi connectivity index (χ2n) is 4.35. The average Bonchev–Trinajstić information content (AvgIpc) is 2.34. The number of carbonyl (C=O) groups excluding carboxylic acids is 1. The molecule has 0 atom stereocenters. The first kappa shape index (κ1) is 15.0. The number of nitrogens with zero attached hydrogens (tertiary/aromatic N) is 1. The molecule has 0 unspecified atom stereocenters. The van der Waals surface area contributed by atoms with E-state index >= 15 is 0 Å². The Bertz CT molecular complexity index is 505. The first-order valence-electron chi connectivity index (χ1n) is 6.23. The summed E-state index contributed by atoms with van der Waals surface area (Å²) in [6.07, 6.45) is 1.56. The Kier molecular flexibility index (Phi) is 5.79. The summed E-state index contributed by atoms with van der Waals surface area (Å²) >= 11 is 0. The molecule has 0 fully saturated rings. The number of aromatic hydroxyl groups is 1. The van der Waals surface area contributed by atoms with E-state index < -0.39 is 0 Å². The Morgan fingerprint density at radius 2 is 2.00 bits per heavy atom. The highest BCUT2D eigenvalue weighted by molar-refractivity contribution is 6.00. The third-order valence-corrected chi connectivity index (χ3v) is 2.58. The minimum atomic E-state index is 0.0267. The van der Waals surface area contributed by atoms with Crippen LogP contribution in [0.2, 0.25) is 0 Å². The van der Waals surface area contributed by atoms with Gasteiger partial charge in [0.2, 0.25) is 0 Å². The zero-order valence-electron chi connectivity index (χ0n) is 11.6. The highest BCUT2D eigenvalue weighted by Crippen LogP contribution is 2.16. The molecule has 0 radical (unpaired) electrons. The van der Waals surface area contributed by atoms with E-state index in [9.17, 15) is 9.90 Å². The molecule has 1 aromatic rings. The van der Waals surface area contributed by atoms with Gasteiger partial charge >= 0.3 is 0 Å². The molecule has 2 N–H and O–H groups in total. The van der Waals surface area contributed by atoms with E-state index in [4.69, 9.17) is 0 Å². The van der Waals surface area contributed by atoms with Crippen LogP contribution in [0.25, 0.3) is 0 Å². The molecule has 0 aromatic heterocycles. The van der Waals surface area contributed by atoms with Gasteiger partial charge in [-0.25, -0.2) is 0 Å². The molecule has 102 valence electrons. The molecule has 0 saturated heterocycles. The molecule has 0 aliphatic rings. The highest BCUT2D eigenvalue weighted by Gasteiger charge is 2.02. The van der Waals surface area contributed by atoms with E-state index in [0.29, 0.717) is 13.1 Å². The van der Waals surface area contributed by atoms with Crippen LogP contribution in [0.4, 0.5) is 0 Å². The minimum absolute atomic E-state index is 0.0267. The predicted molar refractivity (Wildman–Crippen MR) is 77.6 cm³/mol. The van der Waals surface area contributed by atoms with E-state index in [2.05, 4.69) is 10.3 Å². The number of rotatable bonds is 6. The van der Waals surface area contributed by atoms with Gasteiger partial charge in [-0.1, -0.05) is 12.1 Å². The molecule has 1 aromatic carbocycles. The van der Waals surface area contributed by atoms with Crippen LogP contribution in [-0.4, -0.2) is 29.7 Å². The number of phenolic OH excluding ortho intramolecular Hbond substituents is 1. The molecular formula is C15H20N2O2. The second-order valence-corrected chi connectivity index (χ2v) is 4.35. The summed E-state index contributed by atoms with van der Waals surface area (Å²) < 4.78 is 0. The summed E-state index contributed by atoms with van der Waals surface area (Å²) in [7, 11) is 0. The second kappa shape index (κ2) is 7.36. The summed E-state index contributed by atoms with van der Waals surface area (Å²) in [4.78, 5) is 15.2. The van der Waals surface area contributed by atoms with Crippen LogP contribution in [0.5, 0.6) is 5.75 Å². The first-order chi connectivity index (χ1) is 9.00. The third kappa shape index (κ3) is 5.38. The number of hydrogen-bond acceptors (Lipinski definition) is 4. The molecular weight excluding hydrogens is 240 g/mol. The van der Waals surface area contributed by atoms with Crippen LogP contribution >= 0.6 is 0 Å². The van der Waals surface area contributed by atoms with Crippen LogP contribution < -0.4 is 5.32 Å². The van der Waals surface area contributed by atoms with Crippen molar-refractivity contribution in [3.8, 4) is 5.75 Å². The Hall–Kier alpha value is -2.10.